The van der Waals surface area contributed by atoms with Gasteiger partial charge in [-0.3, -0.25) is 0 Å². The van der Waals surface area contributed by atoms with Crippen LogP contribution in [0.5, 0.6) is 5.75 Å². The number of aliphatic hydroxyl groups is 2. The van der Waals surface area contributed by atoms with Crippen LogP contribution >= 0.6 is 11.6 Å². The van der Waals surface area contributed by atoms with Crippen molar-refractivity contribution in [3.8, 4) is 5.75 Å². The van der Waals surface area contributed by atoms with Crippen LogP contribution in [0.4, 0.5) is 0 Å². The van der Waals surface area contributed by atoms with E-state index in [4.69, 9.17) is 26.6 Å². The highest BCUT2D eigenvalue weighted by Crippen LogP contribution is 2.26. The molecule has 0 saturated heterocycles. The van der Waals surface area contributed by atoms with Crippen LogP contribution in [0, 0.1) is 0 Å². The van der Waals surface area contributed by atoms with Crippen LogP contribution in [0.25, 0.3) is 0 Å². The first-order valence-corrected chi connectivity index (χ1v) is 6.89. The summed E-state index contributed by atoms with van der Waals surface area (Å²) in [5.74, 6) is 0.105. The smallest absolute Gasteiger partial charge is 0.244 e. The lowest BCUT2D eigenvalue weighted by molar-refractivity contribution is 0.0988. The summed E-state index contributed by atoms with van der Waals surface area (Å²) in [5, 5.41) is 18.1. The van der Waals surface area contributed by atoms with E-state index in [1.807, 2.05) is 0 Å². The number of benzene rings is 1. The van der Waals surface area contributed by atoms with Gasteiger partial charge >= 0.3 is 0 Å². The molecule has 1 aromatic rings. The number of rotatable bonds is 6. The Balaban J connectivity index is 2.98. The highest BCUT2D eigenvalue weighted by atomic mass is 35.5. The second kappa shape index (κ2) is 6.35. The van der Waals surface area contributed by atoms with E-state index in [9.17, 15) is 8.42 Å². The SMILES string of the molecule is COc1cc(Cl)ccc1S(=O)(=O)NCC(O)CO. The lowest BCUT2D eigenvalue weighted by atomic mass is 10.3. The monoisotopic (exact) mass is 295 g/mol. The average Bonchev–Trinajstić information content (AvgIpc) is 2.35. The average molecular weight is 296 g/mol. The summed E-state index contributed by atoms with van der Waals surface area (Å²) in [4.78, 5) is -0.0838. The van der Waals surface area contributed by atoms with Gasteiger partial charge in [-0.1, -0.05) is 11.6 Å². The zero-order chi connectivity index (χ0) is 13.8. The molecule has 0 heterocycles. The first-order valence-electron chi connectivity index (χ1n) is 5.03. The summed E-state index contributed by atoms with van der Waals surface area (Å²) in [7, 11) is -2.50. The predicted molar refractivity (Wildman–Crippen MR) is 66.3 cm³/mol. The maximum atomic E-state index is 11.9. The van der Waals surface area contributed by atoms with Crippen molar-refractivity contribution in [3.05, 3.63) is 23.2 Å². The minimum atomic E-state index is -3.83. The molecular weight excluding hydrogens is 282 g/mol. The van der Waals surface area contributed by atoms with Crippen molar-refractivity contribution >= 4 is 21.6 Å². The van der Waals surface area contributed by atoms with Gasteiger partial charge in [-0.2, -0.15) is 0 Å². The van der Waals surface area contributed by atoms with Gasteiger partial charge in [0.15, 0.2) is 0 Å². The van der Waals surface area contributed by atoms with Crippen LogP contribution in [0.2, 0.25) is 5.02 Å². The number of hydrogen-bond donors (Lipinski definition) is 3. The Morgan fingerprint density at radius 2 is 2.17 bits per heavy atom. The standard InChI is InChI=1S/C10H14ClNO5S/c1-17-9-4-7(11)2-3-10(9)18(15,16)12-5-8(14)6-13/h2-4,8,12-14H,5-6H2,1H3. The maximum absolute atomic E-state index is 11.9. The van der Waals surface area contributed by atoms with E-state index in [1.165, 1.54) is 25.3 Å². The summed E-state index contributed by atoms with van der Waals surface area (Å²) in [6.07, 6.45) is -1.15. The summed E-state index contributed by atoms with van der Waals surface area (Å²) < 4.78 is 30.9. The minimum absolute atomic E-state index is 0.0838. The quantitative estimate of drug-likeness (QED) is 0.685. The molecule has 0 fully saturated rings. The van der Waals surface area contributed by atoms with Crippen molar-refractivity contribution < 1.29 is 23.4 Å². The highest BCUT2D eigenvalue weighted by molar-refractivity contribution is 7.89. The van der Waals surface area contributed by atoms with Crippen LogP contribution in [-0.4, -0.2) is 45.0 Å². The van der Waals surface area contributed by atoms with Gasteiger partial charge in [0.25, 0.3) is 0 Å². The third-order valence-electron chi connectivity index (χ3n) is 2.13. The molecule has 0 aliphatic heterocycles. The van der Waals surface area contributed by atoms with Crippen molar-refractivity contribution in [3.63, 3.8) is 0 Å². The van der Waals surface area contributed by atoms with E-state index in [-0.39, 0.29) is 17.2 Å². The van der Waals surface area contributed by atoms with Crippen molar-refractivity contribution in [2.75, 3.05) is 20.3 Å². The minimum Gasteiger partial charge on any atom is -0.495 e. The first kappa shape index (κ1) is 15.2. The summed E-state index contributed by atoms with van der Waals surface area (Å²) in [5.41, 5.74) is 0. The van der Waals surface area contributed by atoms with E-state index < -0.39 is 22.7 Å². The lowest BCUT2D eigenvalue weighted by Crippen LogP contribution is -2.34. The highest BCUT2D eigenvalue weighted by Gasteiger charge is 2.20. The molecular formula is C10H14ClNO5S. The molecule has 1 rings (SSSR count). The van der Waals surface area contributed by atoms with Gasteiger partial charge in [0.1, 0.15) is 10.6 Å². The van der Waals surface area contributed by atoms with Crippen LogP contribution < -0.4 is 9.46 Å². The maximum Gasteiger partial charge on any atom is 0.244 e. The van der Waals surface area contributed by atoms with E-state index in [1.54, 1.807) is 0 Å². The molecule has 102 valence electrons. The number of hydrogen-bond acceptors (Lipinski definition) is 5. The van der Waals surface area contributed by atoms with Crippen LogP contribution in [-0.2, 0) is 10.0 Å². The molecule has 0 aromatic heterocycles. The first-order chi connectivity index (χ1) is 8.40. The molecule has 0 amide bonds. The number of methoxy groups -OCH3 is 1. The Kier molecular flexibility index (Phi) is 5.36. The van der Waals surface area contributed by atoms with Gasteiger partial charge in [0, 0.05) is 17.6 Å². The van der Waals surface area contributed by atoms with Crippen LogP contribution in [0.3, 0.4) is 0 Å². The Labute approximate surface area is 110 Å². The van der Waals surface area contributed by atoms with Gasteiger partial charge < -0.3 is 14.9 Å². The second-order valence-electron chi connectivity index (χ2n) is 3.48. The molecule has 0 aliphatic carbocycles. The normalized spacial score (nSPS) is 13.3. The number of aliphatic hydroxyl groups excluding tert-OH is 2. The molecule has 1 atom stereocenters. The van der Waals surface area contributed by atoms with Crippen LogP contribution in [0.15, 0.2) is 23.1 Å². The third-order valence-corrected chi connectivity index (χ3v) is 3.83. The van der Waals surface area contributed by atoms with Gasteiger partial charge in [-0.05, 0) is 12.1 Å². The molecule has 0 bridgehead atoms. The van der Waals surface area contributed by atoms with E-state index in [2.05, 4.69) is 4.72 Å². The Hall–Kier alpha value is -0.860. The zero-order valence-corrected chi connectivity index (χ0v) is 11.2. The fraction of sp³-hybridized carbons (Fsp3) is 0.400. The largest absolute Gasteiger partial charge is 0.495 e. The van der Waals surface area contributed by atoms with Gasteiger partial charge in [0.2, 0.25) is 10.0 Å². The fourth-order valence-electron chi connectivity index (χ4n) is 1.21. The van der Waals surface area contributed by atoms with Crippen molar-refractivity contribution in [1.82, 2.24) is 4.72 Å². The number of sulfonamides is 1. The third kappa shape index (κ3) is 3.82. The number of halogens is 1. The fourth-order valence-corrected chi connectivity index (χ4v) is 2.60. The van der Waals surface area contributed by atoms with E-state index in [0.29, 0.717) is 5.02 Å². The summed E-state index contributed by atoms with van der Waals surface area (Å²) >= 11 is 5.73. The number of nitrogens with one attached hydrogen (secondary N) is 1. The molecule has 3 N–H and O–H groups in total. The molecule has 0 radical (unpaired) electrons. The molecule has 0 saturated carbocycles. The van der Waals surface area contributed by atoms with E-state index in [0.717, 1.165) is 0 Å². The Morgan fingerprint density at radius 1 is 1.50 bits per heavy atom. The Morgan fingerprint density at radius 3 is 2.72 bits per heavy atom. The van der Waals surface area contributed by atoms with E-state index >= 15 is 0 Å². The molecule has 1 aromatic carbocycles. The molecule has 18 heavy (non-hydrogen) atoms. The second-order valence-corrected chi connectivity index (χ2v) is 5.66. The molecule has 1 unspecified atom stereocenters. The van der Waals surface area contributed by atoms with Crippen molar-refractivity contribution in [2.24, 2.45) is 0 Å². The molecule has 0 aliphatic rings. The molecule has 6 nitrogen and oxygen atoms in total. The van der Waals surface area contributed by atoms with Gasteiger partial charge in [0.05, 0.1) is 19.8 Å². The lowest BCUT2D eigenvalue weighted by Gasteiger charge is -2.12. The molecule has 0 spiro atoms. The zero-order valence-electron chi connectivity index (χ0n) is 9.63. The molecule has 8 heteroatoms. The van der Waals surface area contributed by atoms with Gasteiger partial charge in [-0.15, -0.1) is 0 Å². The van der Waals surface area contributed by atoms with Gasteiger partial charge in [-0.25, -0.2) is 13.1 Å². The summed E-state index contributed by atoms with van der Waals surface area (Å²) in [6, 6.07) is 4.09. The van der Waals surface area contributed by atoms with Crippen molar-refractivity contribution in [1.29, 1.82) is 0 Å². The number of ether oxygens (including phenoxy) is 1. The predicted octanol–water partition coefficient (Wildman–Crippen LogP) is -0.0199. The van der Waals surface area contributed by atoms with Crippen molar-refractivity contribution in [2.45, 2.75) is 11.0 Å². The summed E-state index contributed by atoms with van der Waals surface area (Å²) in [6.45, 7) is -0.815. The van der Waals surface area contributed by atoms with Crippen LogP contribution in [0.1, 0.15) is 0 Å². The topological polar surface area (TPSA) is 95.9 Å². The Bertz CT molecular complexity index is 505.